The van der Waals surface area contributed by atoms with Crippen molar-refractivity contribution in [2.75, 3.05) is 13.2 Å². The van der Waals surface area contributed by atoms with Gasteiger partial charge in [0.2, 0.25) is 0 Å². The van der Waals surface area contributed by atoms with Crippen LogP contribution < -0.4 is 0 Å². The fourth-order valence-electron chi connectivity index (χ4n) is 1.14. The van der Waals surface area contributed by atoms with Crippen LogP contribution in [0.3, 0.4) is 0 Å². The van der Waals surface area contributed by atoms with E-state index in [1.165, 1.54) is 0 Å². The fraction of sp³-hybridized carbons (Fsp3) is 0.364. The van der Waals surface area contributed by atoms with Crippen LogP contribution in [0.4, 0.5) is 0 Å². The zero-order valence-corrected chi connectivity index (χ0v) is 8.16. The molecule has 1 rings (SSSR count). The maximum absolute atomic E-state index is 11.2. The second-order valence-corrected chi connectivity index (χ2v) is 2.87. The summed E-state index contributed by atoms with van der Waals surface area (Å²) in [6.07, 6.45) is 0.503. The van der Waals surface area contributed by atoms with Gasteiger partial charge in [0.25, 0.3) is 0 Å². The van der Waals surface area contributed by atoms with Crippen LogP contribution in [0.1, 0.15) is 22.8 Å². The number of ether oxygens (including phenoxy) is 1. The quantitative estimate of drug-likeness (QED) is 0.685. The summed E-state index contributed by atoms with van der Waals surface area (Å²) in [6, 6.07) is 6.93. The Morgan fingerprint density at radius 2 is 1.93 bits per heavy atom. The van der Waals surface area contributed by atoms with Gasteiger partial charge in [0.15, 0.2) is 0 Å². The lowest BCUT2D eigenvalue weighted by Gasteiger charge is -2.02. The molecule has 0 amide bonds. The fourth-order valence-corrected chi connectivity index (χ4v) is 1.14. The summed E-state index contributed by atoms with van der Waals surface area (Å²) in [7, 11) is 0. The Labute approximate surface area is 83.3 Å². The van der Waals surface area contributed by atoms with Gasteiger partial charge in [0.1, 0.15) is 0 Å². The number of carbonyl (C=O) groups excluding carboxylic acids is 1. The minimum Gasteiger partial charge on any atom is -0.462 e. The first kappa shape index (κ1) is 10.7. The van der Waals surface area contributed by atoms with E-state index in [1.807, 2.05) is 0 Å². The van der Waals surface area contributed by atoms with Gasteiger partial charge in [0, 0.05) is 0 Å². The lowest BCUT2D eigenvalue weighted by Crippen LogP contribution is -2.04. The second kappa shape index (κ2) is 5.40. The second-order valence-electron chi connectivity index (χ2n) is 2.87. The molecule has 0 bridgehead atoms. The zero-order chi connectivity index (χ0) is 10.4. The van der Waals surface area contributed by atoms with Crippen molar-refractivity contribution in [3.8, 4) is 0 Å². The minimum absolute atomic E-state index is 0.126. The van der Waals surface area contributed by atoms with Crippen molar-refractivity contribution in [2.24, 2.45) is 0 Å². The molecule has 0 unspecified atom stereocenters. The normalized spacial score (nSPS) is 9.86. The number of benzene rings is 1. The maximum Gasteiger partial charge on any atom is 0.338 e. The van der Waals surface area contributed by atoms with Crippen LogP contribution in [0.5, 0.6) is 0 Å². The number of hydrogen-bond acceptors (Lipinski definition) is 2. The van der Waals surface area contributed by atoms with E-state index in [4.69, 9.17) is 4.74 Å². The molecule has 75 valence electrons. The number of esters is 1. The summed E-state index contributed by atoms with van der Waals surface area (Å²) in [6.45, 7) is 2.02. The van der Waals surface area contributed by atoms with Crippen molar-refractivity contribution in [1.29, 1.82) is 0 Å². The average molecular weight is 193 g/mol. The first-order valence-electron chi connectivity index (χ1n) is 4.62. The maximum atomic E-state index is 11.2. The van der Waals surface area contributed by atoms with Gasteiger partial charge in [-0.05, 0) is 31.0 Å². The van der Waals surface area contributed by atoms with E-state index in [0.717, 1.165) is 5.56 Å². The van der Waals surface area contributed by atoms with Crippen LogP contribution in [0.2, 0.25) is 0 Å². The van der Waals surface area contributed by atoms with E-state index >= 15 is 0 Å². The molecule has 0 saturated carbocycles. The van der Waals surface area contributed by atoms with E-state index in [1.54, 1.807) is 31.2 Å². The van der Waals surface area contributed by atoms with Crippen LogP contribution in [0.25, 0.3) is 0 Å². The molecule has 0 aromatic heterocycles. The molecule has 0 aliphatic rings. The third-order valence-electron chi connectivity index (χ3n) is 1.86. The molecule has 0 heterocycles. The van der Waals surface area contributed by atoms with E-state index in [0.29, 0.717) is 18.6 Å². The summed E-state index contributed by atoms with van der Waals surface area (Å²) in [5.41, 5.74) is 1.48. The lowest BCUT2D eigenvalue weighted by molar-refractivity contribution is 0.0526. The van der Waals surface area contributed by atoms with Crippen LogP contribution in [-0.4, -0.2) is 19.2 Å². The highest BCUT2D eigenvalue weighted by atomic mass is 16.5. The highest BCUT2D eigenvalue weighted by molar-refractivity contribution is 5.89. The first-order valence-corrected chi connectivity index (χ1v) is 4.62. The van der Waals surface area contributed by atoms with Crippen molar-refractivity contribution in [2.45, 2.75) is 13.3 Å². The molecule has 0 spiro atoms. The zero-order valence-electron chi connectivity index (χ0n) is 8.16. The predicted molar refractivity (Wildman–Crippen MR) is 51.7 cm³/mol. The van der Waals surface area contributed by atoms with Gasteiger partial charge >= 0.3 is 5.97 Å². The van der Waals surface area contributed by atoms with Gasteiger partial charge in [-0.3, -0.25) is 0 Å². The van der Waals surface area contributed by atoms with Gasteiger partial charge in [0.05, 0.1) is 18.8 Å². The van der Waals surface area contributed by atoms with Crippen LogP contribution in [0.15, 0.2) is 24.3 Å². The molecule has 14 heavy (non-hydrogen) atoms. The molecule has 0 atom stereocenters. The molecular weight excluding hydrogens is 180 g/mol. The largest absolute Gasteiger partial charge is 0.462 e. The molecule has 0 saturated heterocycles. The smallest absolute Gasteiger partial charge is 0.338 e. The Bertz CT molecular complexity index is 290. The number of carbonyl (C=O) groups is 1. The lowest BCUT2D eigenvalue weighted by atomic mass is 10.1. The Kier molecular flexibility index (Phi) is 4.13. The van der Waals surface area contributed by atoms with E-state index in [2.05, 4.69) is 0 Å². The molecule has 0 aliphatic carbocycles. The molecule has 1 aromatic carbocycles. The highest BCUT2D eigenvalue weighted by Gasteiger charge is 2.04. The van der Waals surface area contributed by atoms with E-state index < -0.39 is 0 Å². The number of rotatable bonds is 4. The molecule has 0 N–H and O–H groups in total. The topological polar surface area (TPSA) is 46.2 Å². The standard InChI is InChI=1S/C11H13O3/c1-2-14-11(13)10-5-3-9(4-6-10)7-8-12/h3-6H,2,7-8H2,1H3. The Morgan fingerprint density at radius 3 is 2.43 bits per heavy atom. The van der Waals surface area contributed by atoms with Crippen LogP contribution in [0, 0.1) is 0 Å². The van der Waals surface area contributed by atoms with Crippen molar-refractivity contribution in [3.05, 3.63) is 35.4 Å². The van der Waals surface area contributed by atoms with Crippen LogP contribution >= 0.6 is 0 Å². The summed E-state index contributed by atoms with van der Waals surface area (Å²) in [5.74, 6) is -0.318. The van der Waals surface area contributed by atoms with Crippen molar-refractivity contribution in [3.63, 3.8) is 0 Å². The van der Waals surface area contributed by atoms with E-state index in [9.17, 15) is 9.90 Å². The summed E-state index contributed by atoms with van der Waals surface area (Å²) in [4.78, 5) is 11.2. The van der Waals surface area contributed by atoms with Gasteiger partial charge < -0.3 is 4.74 Å². The molecule has 3 heteroatoms. The van der Waals surface area contributed by atoms with Crippen molar-refractivity contribution >= 4 is 5.97 Å². The van der Waals surface area contributed by atoms with Crippen LogP contribution in [-0.2, 0) is 16.3 Å². The molecule has 3 nitrogen and oxygen atoms in total. The first-order chi connectivity index (χ1) is 6.77. The van der Waals surface area contributed by atoms with Gasteiger partial charge in [-0.2, -0.15) is 0 Å². The molecule has 0 aliphatic heterocycles. The number of hydrogen-bond donors (Lipinski definition) is 0. The van der Waals surface area contributed by atoms with Gasteiger partial charge in [-0.15, -0.1) is 0 Å². The van der Waals surface area contributed by atoms with Gasteiger partial charge in [-0.25, -0.2) is 9.90 Å². The monoisotopic (exact) mass is 193 g/mol. The van der Waals surface area contributed by atoms with Gasteiger partial charge in [-0.1, -0.05) is 12.1 Å². The predicted octanol–water partition coefficient (Wildman–Crippen LogP) is 1.84. The Balaban J connectivity index is 2.67. The third kappa shape index (κ3) is 2.85. The molecule has 1 radical (unpaired) electrons. The molecule has 0 fully saturated rings. The Morgan fingerprint density at radius 1 is 1.29 bits per heavy atom. The van der Waals surface area contributed by atoms with E-state index in [-0.39, 0.29) is 12.6 Å². The summed E-state index contributed by atoms with van der Waals surface area (Å²) in [5, 5.41) is 10.3. The summed E-state index contributed by atoms with van der Waals surface area (Å²) < 4.78 is 4.83. The minimum atomic E-state index is -0.318. The summed E-state index contributed by atoms with van der Waals surface area (Å²) >= 11 is 0. The third-order valence-corrected chi connectivity index (χ3v) is 1.86. The molecule has 1 aromatic rings. The highest BCUT2D eigenvalue weighted by Crippen LogP contribution is 2.06. The molecular formula is C11H13O3. The van der Waals surface area contributed by atoms with Crippen molar-refractivity contribution in [1.82, 2.24) is 0 Å². The average Bonchev–Trinajstić information content (AvgIpc) is 2.20. The Hall–Kier alpha value is -1.35. The van der Waals surface area contributed by atoms with Crippen molar-refractivity contribution < 1.29 is 14.6 Å². The SMILES string of the molecule is CCOC(=O)c1ccc(CC[O])cc1.